The van der Waals surface area contributed by atoms with Gasteiger partial charge in [0.2, 0.25) is 5.89 Å². The van der Waals surface area contributed by atoms with E-state index in [1.54, 1.807) is 0 Å². The van der Waals surface area contributed by atoms with Crippen molar-refractivity contribution in [2.45, 2.75) is 39.2 Å². The second-order valence-electron chi connectivity index (χ2n) is 5.69. The molecule has 0 saturated heterocycles. The van der Waals surface area contributed by atoms with Gasteiger partial charge in [0.15, 0.2) is 5.82 Å². The molecule has 1 heterocycles. The van der Waals surface area contributed by atoms with Crippen LogP contribution in [0.1, 0.15) is 38.0 Å². The van der Waals surface area contributed by atoms with Gasteiger partial charge < -0.3 is 9.84 Å². The zero-order chi connectivity index (χ0) is 13.7. The van der Waals surface area contributed by atoms with E-state index in [1.807, 2.05) is 18.2 Å². The second-order valence-corrected chi connectivity index (χ2v) is 5.69. The second kappa shape index (κ2) is 5.97. The molecule has 0 aliphatic heterocycles. The zero-order valence-electron chi connectivity index (χ0n) is 11.8. The number of hydrogen-bond acceptors (Lipinski definition) is 4. The van der Waals surface area contributed by atoms with Crippen LogP contribution in [0, 0.1) is 0 Å². The van der Waals surface area contributed by atoms with Crippen LogP contribution in [-0.2, 0) is 12.8 Å². The van der Waals surface area contributed by atoms with Gasteiger partial charge in [0.05, 0.1) is 0 Å². The summed E-state index contributed by atoms with van der Waals surface area (Å²) in [4.78, 5) is 4.41. The normalized spacial score (nSPS) is 11.7. The zero-order valence-corrected chi connectivity index (χ0v) is 11.8. The lowest BCUT2D eigenvalue weighted by Crippen LogP contribution is -2.37. The van der Waals surface area contributed by atoms with Crippen molar-refractivity contribution in [1.82, 2.24) is 15.5 Å². The van der Waals surface area contributed by atoms with E-state index in [4.69, 9.17) is 4.52 Å². The Labute approximate surface area is 114 Å². The molecule has 0 aliphatic carbocycles. The molecule has 0 radical (unpaired) electrons. The van der Waals surface area contributed by atoms with Crippen molar-refractivity contribution >= 4 is 0 Å². The van der Waals surface area contributed by atoms with E-state index in [2.05, 4.69) is 48.4 Å². The maximum absolute atomic E-state index is 5.25. The minimum absolute atomic E-state index is 0.118. The summed E-state index contributed by atoms with van der Waals surface area (Å²) < 4.78 is 5.25. The van der Waals surface area contributed by atoms with Crippen LogP contribution in [0.3, 0.4) is 0 Å². The Kier molecular flexibility index (Phi) is 4.32. The lowest BCUT2D eigenvalue weighted by Gasteiger charge is -2.19. The van der Waals surface area contributed by atoms with Crippen LogP contribution in [-0.4, -0.2) is 22.2 Å². The third-order valence-corrected chi connectivity index (χ3v) is 2.71. The first kappa shape index (κ1) is 13.7. The lowest BCUT2D eigenvalue weighted by molar-refractivity contribution is 0.359. The van der Waals surface area contributed by atoms with Crippen molar-refractivity contribution in [2.75, 3.05) is 6.54 Å². The van der Waals surface area contributed by atoms with Gasteiger partial charge in [0.25, 0.3) is 0 Å². The van der Waals surface area contributed by atoms with E-state index in [0.29, 0.717) is 5.89 Å². The highest BCUT2D eigenvalue weighted by molar-refractivity contribution is 5.18. The molecule has 0 saturated carbocycles. The van der Waals surface area contributed by atoms with Gasteiger partial charge in [0.1, 0.15) is 0 Å². The predicted molar refractivity (Wildman–Crippen MR) is 75.0 cm³/mol. The molecule has 2 rings (SSSR count). The summed E-state index contributed by atoms with van der Waals surface area (Å²) in [5.74, 6) is 1.44. The Hall–Kier alpha value is -1.68. The van der Waals surface area contributed by atoms with Gasteiger partial charge in [-0.05, 0) is 26.3 Å². The van der Waals surface area contributed by atoms with E-state index >= 15 is 0 Å². The van der Waals surface area contributed by atoms with Crippen molar-refractivity contribution in [3.8, 4) is 0 Å². The summed E-state index contributed by atoms with van der Waals surface area (Å²) in [6.07, 6.45) is 1.48. The maximum atomic E-state index is 5.25. The molecule has 1 aromatic carbocycles. The van der Waals surface area contributed by atoms with E-state index < -0.39 is 0 Å². The molecule has 0 spiro atoms. The summed E-state index contributed by atoms with van der Waals surface area (Å²) in [6, 6.07) is 10.2. The molecule has 4 heteroatoms. The molecule has 1 aromatic heterocycles. The predicted octanol–water partition coefficient (Wildman–Crippen LogP) is 2.59. The van der Waals surface area contributed by atoms with Crippen molar-refractivity contribution in [1.29, 1.82) is 0 Å². The molecular weight excluding hydrogens is 238 g/mol. The van der Waals surface area contributed by atoms with Crippen LogP contribution < -0.4 is 5.32 Å². The molecule has 19 heavy (non-hydrogen) atoms. The fraction of sp³-hybridized carbons (Fsp3) is 0.467. The molecule has 2 aromatic rings. The molecule has 1 N–H and O–H groups in total. The topological polar surface area (TPSA) is 51.0 Å². The van der Waals surface area contributed by atoms with Crippen molar-refractivity contribution in [3.05, 3.63) is 47.6 Å². The summed E-state index contributed by atoms with van der Waals surface area (Å²) in [5.41, 5.74) is 1.31. The van der Waals surface area contributed by atoms with Gasteiger partial charge in [-0.25, -0.2) is 0 Å². The number of nitrogens with one attached hydrogen (secondary N) is 1. The number of hydrogen-bond donors (Lipinski definition) is 1. The third kappa shape index (κ3) is 4.83. The van der Waals surface area contributed by atoms with Gasteiger partial charge in [-0.3, -0.25) is 0 Å². The Balaban J connectivity index is 1.86. The summed E-state index contributed by atoms with van der Waals surface area (Å²) in [6.45, 7) is 7.27. The van der Waals surface area contributed by atoms with Crippen LogP contribution in [0.2, 0.25) is 0 Å². The number of nitrogens with zero attached hydrogens (tertiary/aromatic N) is 2. The van der Waals surface area contributed by atoms with E-state index in [-0.39, 0.29) is 5.54 Å². The highest BCUT2D eigenvalue weighted by atomic mass is 16.5. The van der Waals surface area contributed by atoms with Crippen molar-refractivity contribution < 1.29 is 4.52 Å². The minimum Gasteiger partial charge on any atom is -0.339 e. The van der Waals surface area contributed by atoms with Crippen molar-refractivity contribution in [2.24, 2.45) is 0 Å². The van der Waals surface area contributed by atoms with Crippen LogP contribution >= 0.6 is 0 Å². The summed E-state index contributed by atoms with van der Waals surface area (Å²) in [7, 11) is 0. The Bertz CT molecular complexity index is 500. The van der Waals surface area contributed by atoms with Gasteiger partial charge in [-0.1, -0.05) is 35.5 Å². The number of rotatable bonds is 5. The molecule has 102 valence electrons. The summed E-state index contributed by atoms with van der Waals surface area (Å²) >= 11 is 0. The smallest absolute Gasteiger partial charge is 0.227 e. The van der Waals surface area contributed by atoms with E-state index in [9.17, 15) is 0 Å². The molecule has 0 unspecified atom stereocenters. The Morgan fingerprint density at radius 2 is 1.89 bits per heavy atom. The third-order valence-electron chi connectivity index (χ3n) is 2.71. The van der Waals surface area contributed by atoms with E-state index in [0.717, 1.165) is 25.2 Å². The standard InChI is InChI=1S/C15H21N3O/c1-15(2,3)16-10-9-14-17-13(18-19-14)11-12-7-5-4-6-8-12/h4-8,16H,9-11H2,1-3H3. The fourth-order valence-electron chi connectivity index (χ4n) is 1.79. The highest BCUT2D eigenvalue weighted by Crippen LogP contribution is 2.07. The largest absolute Gasteiger partial charge is 0.339 e. The maximum Gasteiger partial charge on any atom is 0.227 e. The average Bonchev–Trinajstić information content (AvgIpc) is 2.76. The monoisotopic (exact) mass is 259 g/mol. The molecule has 0 amide bonds. The number of benzene rings is 1. The van der Waals surface area contributed by atoms with Crippen LogP contribution in [0.5, 0.6) is 0 Å². The van der Waals surface area contributed by atoms with Gasteiger partial charge in [0, 0.05) is 24.9 Å². The first-order chi connectivity index (χ1) is 9.03. The fourth-order valence-corrected chi connectivity index (χ4v) is 1.79. The van der Waals surface area contributed by atoms with Gasteiger partial charge in [-0.2, -0.15) is 4.98 Å². The molecule has 0 aliphatic rings. The van der Waals surface area contributed by atoms with Crippen molar-refractivity contribution in [3.63, 3.8) is 0 Å². The average molecular weight is 259 g/mol. The van der Waals surface area contributed by atoms with Crippen LogP contribution in [0.4, 0.5) is 0 Å². The highest BCUT2D eigenvalue weighted by Gasteiger charge is 2.10. The first-order valence-electron chi connectivity index (χ1n) is 6.63. The summed E-state index contributed by atoms with van der Waals surface area (Å²) in [5, 5.41) is 7.41. The lowest BCUT2D eigenvalue weighted by atomic mass is 10.1. The molecule has 0 atom stereocenters. The Morgan fingerprint density at radius 3 is 2.58 bits per heavy atom. The van der Waals surface area contributed by atoms with E-state index in [1.165, 1.54) is 5.56 Å². The molecule has 0 fully saturated rings. The molecular formula is C15H21N3O. The quantitative estimate of drug-likeness (QED) is 0.896. The van der Waals surface area contributed by atoms with Crippen LogP contribution in [0.25, 0.3) is 0 Å². The minimum atomic E-state index is 0.118. The number of aromatic nitrogens is 2. The Morgan fingerprint density at radius 1 is 1.16 bits per heavy atom. The van der Waals surface area contributed by atoms with Gasteiger partial charge in [-0.15, -0.1) is 0 Å². The van der Waals surface area contributed by atoms with Gasteiger partial charge >= 0.3 is 0 Å². The SMILES string of the molecule is CC(C)(C)NCCc1nc(Cc2ccccc2)no1. The first-order valence-corrected chi connectivity index (χ1v) is 6.63. The molecule has 0 bridgehead atoms. The molecule has 4 nitrogen and oxygen atoms in total. The van der Waals surface area contributed by atoms with Crippen LogP contribution in [0.15, 0.2) is 34.9 Å².